The molecule has 0 fully saturated rings. The summed E-state index contributed by atoms with van der Waals surface area (Å²) in [5, 5.41) is 33.6. The van der Waals surface area contributed by atoms with Crippen molar-refractivity contribution < 1.29 is 39.2 Å². The molecule has 11 nitrogen and oxygen atoms in total. The van der Waals surface area contributed by atoms with E-state index in [1.54, 1.807) is 0 Å². The first-order valence-electron chi connectivity index (χ1n) is 9.50. The van der Waals surface area contributed by atoms with Crippen LogP contribution in [-0.4, -0.2) is 59.5 Å². The summed E-state index contributed by atoms with van der Waals surface area (Å²) in [4.78, 5) is 36.2. The van der Waals surface area contributed by atoms with Crippen molar-refractivity contribution in [2.45, 2.75) is 24.9 Å². The van der Waals surface area contributed by atoms with Crippen LogP contribution in [0.2, 0.25) is 0 Å². The Morgan fingerprint density at radius 3 is 2.19 bits per heavy atom. The van der Waals surface area contributed by atoms with Gasteiger partial charge in [-0.2, -0.15) is 0 Å². The van der Waals surface area contributed by atoms with Crippen molar-refractivity contribution in [2.24, 2.45) is 5.73 Å². The lowest BCUT2D eigenvalue weighted by atomic mass is 10.0. The predicted molar refractivity (Wildman–Crippen MR) is 112 cm³/mol. The second-order valence-electron chi connectivity index (χ2n) is 6.86. The number of hydrogen-bond donors (Lipinski definition) is 6. The lowest BCUT2D eigenvalue weighted by Crippen LogP contribution is -2.50. The number of nitrogens with one attached hydrogen (secondary N) is 2. The first kappa shape index (κ1) is 24.3. The molecular formula is C21H25N3O8. The molecule has 2 aromatic rings. The third-order valence-electron chi connectivity index (χ3n) is 4.51. The van der Waals surface area contributed by atoms with Gasteiger partial charge in [0.15, 0.2) is 23.0 Å². The van der Waals surface area contributed by atoms with Crippen LogP contribution in [0.4, 0.5) is 4.79 Å². The topological polar surface area (TPSA) is 180 Å². The quantitative estimate of drug-likeness (QED) is 0.245. The zero-order chi connectivity index (χ0) is 23.8. The Morgan fingerprint density at radius 1 is 0.969 bits per heavy atom. The van der Waals surface area contributed by atoms with Gasteiger partial charge in [0, 0.05) is 13.5 Å². The van der Waals surface area contributed by atoms with E-state index >= 15 is 0 Å². The Labute approximate surface area is 183 Å². The fourth-order valence-corrected chi connectivity index (χ4v) is 2.81. The number of phenolic OH excluding ortho intramolecular Hbond substituents is 3. The molecule has 172 valence electrons. The average molecular weight is 447 g/mol. The third kappa shape index (κ3) is 6.51. The monoisotopic (exact) mass is 447 g/mol. The normalized spacial score (nSPS) is 12.3. The summed E-state index contributed by atoms with van der Waals surface area (Å²) in [5.74, 6) is -2.42. The van der Waals surface area contributed by atoms with Crippen molar-refractivity contribution in [2.75, 3.05) is 14.2 Å². The Hall–Kier alpha value is -3.99. The van der Waals surface area contributed by atoms with Crippen molar-refractivity contribution in [3.05, 3.63) is 47.5 Å². The highest BCUT2D eigenvalue weighted by molar-refractivity contribution is 5.87. The maximum Gasteiger partial charge on any atom is 0.412 e. The van der Waals surface area contributed by atoms with E-state index in [1.165, 1.54) is 43.4 Å². The van der Waals surface area contributed by atoms with Gasteiger partial charge in [-0.15, -0.1) is 0 Å². The molecule has 0 aliphatic heterocycles. The fraction of sp³-hybridized carbons (Fsp3) is 0.286. The van der Waals surface area contributed by atoms with Crippen LogP contribution in [0.25, 0.3) is 0 Å². The molecule has 0 spiro atoms. The Balaban J connectivity index is 2.12. The van der Waals surface area contributed by atoms with Gasteiger partial charge in [-0.05, 0) is 41.8 Å². The lowest BCUT2D eigenvalue weighted by molar-refractivity contribution is -0.145. The van der Waals surface area contributed by atoms with Gasteiger partial charge in [0.2, 0.25) is 5.91 Å². The second kappa shape index (κ2) is 10.9. The molecule has 2 atom stereocenters. The van der Waals surface area contributed by atoms with Crippen LogP contribution in [0.5, 0.6) is 23.0 Å². The van der Waals surface area contributed by atoms with Crippen LogP contribution in [-0.2, 0) is 27.2 Å². The van der Waals surface area contributed by atoms with E-state index in [0.29, 0.717) is 11.1 Å². The summed E-state index contributed by atoms with van der Waals surface area (Å²) < 4.78 is 9.69. The van der Waals surface area contributed by atoms with Crippen molar-refractivity contribution in [1.82, 2.24) is 10.6 Å². The molecule has 0 aliphatic carbocycles. The number of carbonyl (C=O) groups is 3. The minimum atomic E-state index is -1.11. The fourth-order valence-electron chi connectivity index (χ4n) is 2.81. The maximum atomic E-state index is 12.6. The molecule has 0 aromatic heterocycles. The van der Waals surface area contributed by atoms with Gasteiger partial charge in [-0.1, -0.05) is 12.1 Å². The maximum absolute atomic E-state index is 12.6. The minimum absolute atomic E-state index is 0.0322. The number of esters is 1. The first-order chi connectivity index (χ1) is 15.1. The van der Waals surface area contributed by atoms with Crippen LogP contribution in [0.3, 0.4) is 0 Å². The van der Waals surface area contributed by atoms with Gasteiger partial charge in [0.05, 0.1) is 13.2 Å². The van der Waals surface area contributed by atoms with Gasteiger partial charge in [-0.25, -0.2) is 9.59 Å². The van der Waals surface area contributed by atoms with E-state index in [2.05, 4.69) is 10.6 Å². The van der Waals surface area contributed by atoms with Crippen molar-refractivity contribution in [1.29, 1.82) is 0 Å². The Morgan fingerprint density at radius 2 is 1.59 bits per heavy atom. The van der Waals surface area contributed by atoms with Crippen LogP contribution in [0.15, 0.2) is 36.4 Å². The van der Waals surface area contributed by atoms with E-state index in [4.69, 9.17) is 15.2 Å². The van der Waals surface area contributed by atoms with Crippen LogP contribution >= 0.6 is 0 Å². The van der Waals surface area contributed by atoms with Crippen molar-refractivity contribution >= 4 is 18.0 Å². The van der Waals surface area contributed by atoms with Gasteiger partial charge < -0.3 is 41.2 Å². The molecule has 7 N–H and O–H groups in total. The molecule has 2 rings (SSSR count). The third-order valence-corrected chi connectivity index (χ3v) is 4.51. The highest BCUT2D eigenvalue weighted by Crippen LogP contribution is 2.28. The van der Waals surface area contributed by atoms with Crippen molar-refractivity contribution in [3.63, 3.8) is 0 Å². The molecule has 0 saturated carbocycles. The number of amides is 2. The number of hydrogen-bond acceptors (Lipinski definition) is 9. The number of benzene rings is 2. The summed E-state index contributed by atoms with van der Waals surface area (Å²) in [6.45, 7) is 0. The second-order valence-corrected chi connectivity index (χ2v) is 6.86. The Bertz CT molecular complexity index is 995. The van der Waals surface area contributed by atoms with E-state index in [9.17, 15) is 29.7 Å². The number of ether oxygens (including phenoxy) is 2. The highest BCUT2D eigenvalue weighted by Gasteiger charge is 2.25. The van der Waals surface area contributed by atoms with Gasteiger partial charge in [0.1, 0.15) is 6.04 Å². The van der Waals surface area contributed by atoms with Gasteiger partial charge in [-0.3, -0.25) is 4.79 Å². The average Bonchev–Trinajstić information content (AvgIpc) is 2.77. The summed E-state index contributed by atoms with van der Waals surface area (Å²) >= 11 is 0. The number of nitrogens with two attached hydrogens (primary N) is 1. The highest BCUT2D eigenvalue weighted by atomic mass is 16.6. The summed E-state index contributed by atoms with van der Waals surface area (Å²) in [6, 6.07) is 6.03. The summed E-state index contributed by atoms with van der Waals surface area (Å²) in [6.07, 6.45) is -0.784. The van der Waals surface area contributed by atoms with E-state index in [1.807, 2.05) is 0 Å². The number of carbonyl (C=O) groups excluding carboxylic acids is 3. The number of methoxy groups -OCH3 is 1. The minimum Gasteiger partial charge on any atom is -0.504 e. The van der Waals surface area contributed by atoms with E-state index < -0.39 is 30.1 Å². The molecule has 2 aromatic carbocycles. The van der Waals surface area contributed by atoms with Crippen LogP contribution < -0.4 is 21.1 Å². The molecule has 11 heteroatoms. The molecule has 0 heterocycles. The predicted octanol–water partition coefficient (Wildman–Crippen LogP) is 0.292. The van der Waals surface area contributed by atoms with E-state index in [-0.39, 0.29) is 35.8 Å². The molecule has 1 unspecified atom stereocenters. The largest absolute Gasteiger partial charge is 0.504 e. The number of phenols is 3. The van der Waals surface area contributed by atoms with Crippen LogP contribution in [0, 0.1) is 0 Å². The SMILES string of the molecule is CNC(=O)Oc1cc(C[C@H](NC(=O)C(N)Cc2ccc(O)c(O)c2)C(=O)OC)ccc1O. The number of rotatable bonds is 8. The molecule has 32 heavy (non-hydrogen) atoms. The summed E-state index contributed by atoms with van der Waals surface area (Å²) in [7, 11) is 2.52. The lowest BCUT2D eigenvalue weighted by Gasteiger charge is -2.20. The molecule has 0 radical (unpaired) electrons. The number of aromatic hydroxyl groups is 3. The Kier molecular flexibility index (Phi) is 8.24. The standard InChI is InChI=1S/C21H25N3O8/c1-23-21(30)32-18-10-12(4-6-16(18)26)8-14(20(29)31-2)24-19(28)13(22)7-11-3-5-15(25)17(27)9-11/h3-6,9-10,13-14,25-27H,7-8,22H2,1-2H3,(H,23,30)(H,24,28)/t13?,14-/m0/s1. The zero-order valence-electron chi connectivity index (χ0n) is 17.5. The molecule has 0 saturated heterocycles. The smallest absolute Gasteiger partial charge is 0.412 e. The van der Waals surface area contributed by atoms with Gasteiger partial charge in [0.25, 0.3) is 0 Å². The zero-order valence-corrected chi connectivity index (χ0v) is 17.5. The van der Waals surface area contributed by atoms with Crippen molar-refractivity contribution in [3.8, 4) is 23.0 Å². The van der Waals surface area contributed by atoms with Crippen LogP contribution in [0.1, 0.15) is 11.1 Å². The molecular weight excluding hydrogens is 422 g/mol. The first-order valence-corrected chi connectivity index (χ1v) is 9.50. The molecule has 0 bridgehead atoms. The molecule has 2 amide bonds. The molecule has 0 aliphatic rings. The van der Waals surface area contributed by atoms with E-state index in [0.717, 1.165) is 7.11 Å². The van der Waals surface area contributed by atoms with Gasteiger partial charge >= 0.3 is 12.1 Å². The summed E-state index contributed by atoms with van der Waals surface area (Å²) in [5.41, 5.74) is 6.90.